The minimum absolute atomic E-state index is 0.0141. The molecule has 1 saturated carbocycles. The predicted molar refractivity (Wildman–Crippen MR) is 256 cm³/mol. The second kappa shape index (κ2) is 17.9. The zero-order valence-electron chi connectivity index (χ0n) is 38.6. The van der Waals surface area contributed by atoms with Gasteiger partial charge in [-0.15, -0.1) is 0 Å². The number of benzene rings is 3. The maximum absolute atomic E-state index is 14.7. The molecule has 5 aliphatic rings. The lowest BCUT2D eigenvalue weighted by Crippen LogP contribution is -2.65. The molecule has 18 heteroatoms. The third kappa shape index (κ3) is 8.98. The summed E-state index contributed by atoms with van der Waals surface area (Å²) in [5, 5.41) is 29.9. The molecule has 4 aliphatic heterocycles. The molecular weight excluding hydrogens is 892 g/mol. The number of carbonyl (C=O) groups excluding carboxylic acids is 1. The molecule has 2 aromatic heterocycles. The van der Waals surface area contributed by atoms with E-state index in [4.69, 9.17) is 9.47 Å². The van der Waals surface area contributed by atoms with Crippen LogP contribution in [0.15, 0.2) is 78.0 Å². The van der Waals surface area contributed by atoms with Crippen LogP contribution in [0.5, 0.6) is 17.2 Å². The van der Waals surface area contributed by atoms with Crippen molar-refractivity contribution in [1.29, 1.82) is 0 Å². The van der Waals surface area contributed by atoms with Gasteiger partial charge in [-0.1, -0.05) is 38.1 Å². The van der Waals surface area contributed by atoms with Crippen molar-refractivity contribution >= 4 is 44.0 Å². The Morgan fingerprint density at radius 1 is 1.06 bits per heavy atom. The maximum Gasteiger partial charge on any atom is 0.297 e. The van der Waals surface area contributed by atoms with Gasteiger partial charge in [-0.2, -0.15) is 0 Å². The van der Waals surface area contributed by atoms with Gasteiger partial charge in [0.15, 0.2) is 11.4 Å². The SMILES string of the molecule is CC(C)c1ccccc1[C@@H]1CNCC[C@@H]1N1CC2(CCN(c3ccc(C(=O)NS(=O)(=O)c4cc5c(c([N+](=O)[O-])c4)N[C@@H]([C@H]4CC[C@](C)(O)CC4)CO5)c(Oc4cnc5[nH]cc(F)c5c4)c3)CC2)C1. The number of halogens is 1. The van der Waals surface area contributed by atoms with Crippen LogP contribution in [0, 0.1) is 27.3 Å². The van der Waals surface area contributed by atoms with Crippen molar-refractivity contribution in [3.8, 4) is 17.2 Å². The van der Waals surface area contributed by atoms with Crippen LogP contribution < -0.4 is 29.7 Å². The summed E-state index contributed by atoms with van der Waals surface area (Å²) >= 11 is 0. The highest BCUT2D eigenvalue weighted by Crippen LogP contribution is 2.47. The van der Waals surface area contributed by atoms with Gasteiger partial charge >= 0.3 is 0 Å². The number of sulfonamides is 1. The molecule has 5 N–H and O–H groups in total. The lowest BCUT2D eigenvalue weighted by Gasteiger charge is -2.58. The van der Waals surface area contributed by atoms with Crippen molar-refractivity contribution in [3.05, 3.63) is 106 Å². The highest BCUT2D eigenvalue weighted by molar-refractivity contribution is 7.90. The number of nitrogens with zero attached hydrogens (tertiary/aromatic N) is 4. The zero-order valence-corrected chi connectivity index (χ0v) is 39.4. The first-order valence-electron chi connectivity index (χ1n) is 23.8. The molecule has 1 spiro atoms. The number of aromatic nitrogens is 2. The molecule has 5 aromatic rings. The summed E-state index contributed by atoms with van der Waals surface area (Å²) in [5.74, 6) is -0.507. The second-order valence-corrected chi connectivity index (χ2v) is 21.9. The van der Waals surface area contributed by atoms with Crippen molar-refractivity contribution < 1.29 is 37.1 Å². The van der Waals surface area contributed by atoms with E-state index in [0.717, 1.165) is 70.3 Å². The highest BCUT2D eigenvalue weighted by Gasteiger charge is 2.49. The number of hydrogen-bond donors (Lipinski definition) is 5. The van der Waals surface area contributed by atoms with Gasteiger partial charge in [0, 0.05) is 74.8 Å². The quantitative estimate of drug-likeness (QED) is 0.0634. The zero-order chi connectivity index (χ0) is 47.5. The summed E-state index contributed by atoms with van der Waals surface area (Å²) in [6.07, 6.45) is 8.18. The first-order valence-corrected chi connectivity index (χ1v) is 25.3. The number of aromatic amines is 1. The van der Waals surface area contributed by atoms with Gasteiger partial charge in [-0.3, -0.25) is 19.8 Å². The number of aliphatic hydroxyl groups is 1. The lowest BCUT2D eigenvalue weighted by molar-refractivity contribution is -0.384. The molecule has 68 heavy (non-hydrogen) atoms. The van der Waals surface area contributed by atoms with Crippen LogP contribution >= 0.6 is 0 Å². The Bertz CT molecular complexity index is 2850. The Morgan fingerprint density at radius 2 is 1.82 bits per heavy atom. The number of amides is 1. The third-order valence-electron chi connectivity index (χ3n) is 15.3. The van der Waals surface area contributed by atoms with E-state index in [0.29, 0.717) is 49.2 Å². The fraction of sp³-hybridized carbons (Fsp3) is 0.480. The number of nitro benzene ring substituents is 1. The van der Waals surface area contributed by atoms with Crippen molar-refractivity contribution in [1.82, 2.24) is 24.9 Å². The molecule has 360 valence electrons. The van der Waals surface area contributed by atoms with Gasteiger partial charge in [-0.25, -0.2) is 22.5 Å². The number of nitrogens with one attached hydrogen (secondary N) is 4. The van der Waals surface area contributed by atoms with Gasteiger partial charge in [-0.05, 0) is 105 Å². The molecule has 6 heterocycles. The molecule has 16 nitrogen and oxygen atoms in total. The van der Waals surface area contributed by atoms with Crippen LogP contribution in [-0.4, -0.2) is 103 Å². The molecule has 1 amide bonds. The van der Waals surface area contributed by atoms with E-state index in [1.54, 1.807) is 19.1 Å². The normalized spacial score (nSPS) is 25.0. The summed E-state index contributed by atoms with van der Waals surface area (Å²) in [6.45, 7) is 12.1. The van der Waals surface area contributed by atoms with Gasteiger partial charge in [0.25, 0.3) is 21.6 Å². The number of pyridine rings is 1. The van der Waals surface area contributed by atoms with E-state index in [2.05, 4.69) is 73.2 Å². The summed E-state index contributed by atoms with van der Waals surface area (Å²) < 4.78 is 56.9. The number of nitro groups is 1. The number of piperidine rings is 2. The van der Waals surface area contributed by atoms with Crippen LogP contribution in [0.2, 0.25) is 0 Å². The minimum Gasteiger partial charge on any atom is -0.489 e. The van der Waals surface area contributed by atoms with Crippen LogP contribution in [0.25, 0.3) is 11.0 Å². The number of rotatable bonds is 11. The fourth-order valence-corrected chi connectivity index (χ4v) is 12.4. The summed E-state index contributed by atoms with van der Waals surface area (Å²) in [7, 11) is -4.72. The van der Waals surface area contributed by atoms with Crippen molar-refractivity contribution in [3.63, 3.8) is 0 Å². The number of likely N-dealkylation sites (tertiary alicyclic amines) is 1. The second-order valence-electron chi connectivity index (χ2n) is 20.2. The molecule has 3 aromatic carbocycles. The Morgan fingerprint density at radius 3 is 2.57 bits per heavy atom. The van der Waals surface area contributed by atoms with Gasteiger partial charge in [0.2, 0.25) is 0 Å². The largest absolute Gasteiger partial charge is 0.489 e. The van der Waals surface area contributed by atoms with Crippen LogP contribution in [-0.2, 0) is 10.0 Å². The molecule has 1 aliphatic carbocycles. The average Bonchev–Trinajstić information content (AvgIpc) is 3.69. The number of anilines is 2. The number of H-pyrrole nitrogens is 1. The first kappa shape index (κ1) is 45.9. The van der Waals surface area contributed by atoms with E-state index in [-0.39, 0.29) is 57.9 Å². The smallest absolute Gasteiger partial charge is 0.297 e. The number of hydrogen-bond acceptors (Lipinski definition) is 13. The van der Waals surface area contributed by atoms with E-state index in [1.165, 1.54) is 41.7 Å². The highest BCUT2D eigenvalue weighted by atomic mass is 32.2. The minimum atomic E-state index is -4.72. The molecule has 4 fully saturated rings. The van der Waals surface area contributed by atoms with Crippen molar-refractivity contribution in [2.24, 2.45) is 11.3 Å². The Labute approximate surface area is 395 Å². The molecule has 3 atom stereocenters. The monoisotopic (exact) mass is 950 g/mol. The predicted octanol–water partition coefficient (Wildman–Crippen LogP) is 7.81. The Kier molecular flexibility index (Phi) is 12.1. The van der Waals surface area contributed by atoms with E-state index in [1.807, 2.05) is 0 Å². The fourth-order valence-electron chi connectivity index (χ4n) is 11.4. The lowest BCUT2D eigenvalue weighted by atomic mass is 9.69. The van der Waals surface area contributed by atoms with Crippen LogP contribution in [0.1, 0.15) is 99.0 Å². The third-order valence-corrected chi connectivity index (χ3v) is 16.6. The van der Waals surface area contributed by atoms with Crippen molar-refractivity contribution in [2.45, 2.75) is 100 Å². The maximum atomic E-state index is 14.7. The summed E-state index contributed by atoms with van der Waals surface area (Å²) in [6, 6.07) is 17.5. The van der Waals surface area contributed by atoms with E-state index in [9.17, 15) is 32.8 Å². The molecule has 10 rings (SSSR count). The van der Waals surface area contributed by atoms with E-state index >= 15 is 0 Å². The Balaban J connectivity index is 0.864. The molecule has 0 radical (unpaired) electrons. The van der Waals surface area contributed by atoms with Gasteiger partial charge < -0.3 is 35.1 Å². The van der Waals surface area contributed by atoms with E-state index < -0.39 is 42.9 Å². The molecule has 0 bridgehead atoms. The molecule has 3 saturated heterocycles. The topological polar surface area (TPSA) is 204 Å². The van der Waals surface area contributed by atoms with Crippen LogP contribution in [0.3, 0.4) is 0 Å². The Hall–Kier alpha value is -5.82. The van der Waals surface area contributed by atoms with Gasteiger partial charge in [0.1, 0.15) is 29.6 Å². The number of carbonyl (C=O) groups is 1. The number of ether oxygens (including phenoxy) is 2. The standard InChI is InChI=1S/C50H59FN8O8S/c1-30(2)35-6-4-5-7-36(35)39-25-52-17-12-42(39)58-28-50(29-58)15-18-57(19-16-50)32-8-9-37(44(20-32)67-33-21-38-40(51)26-54-47(38)53-24-33)48(60)56-68(64,65)34-22-43(59(62)63)46-45(23-34)66-27-41(55-46)31-10-13-49(3,61)14-11-31/h4-9,20-24,26,30-31,39,41-42,52,55,61H,10-19,25,27-29H2,1-3H3,(H,53,54)(H,56,60)/t31-,39-,41+,42-,49-/m0/s1. The summed E-state index contributed by atoms with van der Waals surface area (Å²) in [5.41, 5.74) is 2.79. The van der Waals surface area contributed by atoms with Crippen LogP contribution in [0.4, 0.5) is 21.5 Å². The molecular formula is C50H59FN8O8S. The van der Waals surface area contributed by atoms with Gasteiger partial charge in [0.05, 0.1) is 38.6 Å². The summed E-state index contributed by atoms with van der Waals surface area (Å²) in [4.78, 5) is 37.2. The molecule has 0 unspecified atom stereocenters. The number of fused-ring (bicyclic) bond motifs is 2. The van der Waals surface area contributed by atoms with Crippen molar-refractivity contribution in [2.75, 3.05) is 56.1 Å². The average molecular weight is 951 g/mol. The first-order chi connectivity index (χ1) is 32.6.